The predicted octanol–water partition coefficient (Wildman–Crippen LogP) is 3.26. The summed E-state index contributed by atoms with van der Waals surface area (Å²) in [6.45, 7) is 4.38. The van der Waals surface area contributed by atoms with E-state index >= 15 is 0 Å². The van der Waals surface area contributed by atoms with Gasteiger partial charge in [-0.15, -0.1) is 0 Å². The maximum Gasteiger partial charge on any atom is 0.326 e. The number of nitrogens with zero attached hydrogens (tertiary/aromatic N) is 2. The first-order valence-corrected chi connectivity index (χ1v) is 8.85. The highest BCUT2D eigenvalue weighted by Crippen LogP contribution is 2.34. The van der Waals surface area contributed by atoms with Crippen LogP contribution in [0.15, 0.2) is 35.4 Å². The number of rotatable bonds is 5. The van der Waals surface area contributed by atoms with Crippen molar-refractivity contribution in [3.8, 4) is 0 Å². The zero-order valence-electron chi connectivity index (χ0n) is 14.0. The molecule has 0 unspecified atom stereocenters. The van der Waals surface area contributed by atoms with Crippen LogP contribution in [0.5, 0.6) is 0 Å². The average Bonchev–Trinajstić information content (AvgIpc) is 3.08. The van der Waals surface area contributed by atoms with E-state index < -0.39 is 17.1 Å². The van der Waals surface area contributed by atoms with E-state index in [2.05, 4.69) is 4.57 Å². The van der Waals surface area contributed by atoms with Crippen LogP contribution in [0.1, 0.15) is 19.4 Å². The highest BCUT2D eigenvalue weighted by molar-refractivity contribution is 8.18. The Labute approximate surface area is 149 Å². The number of amides is 2. The molecule has 0 aliphatic carbocycles. The summed E-state index contributed by atoms with van der Waals surface area (Å²) in [6, 6.07) is 7.90. The van der Waals surface area contributed by atoms with Crippen LogP contribution in [0.25, 0.3) is 17.0 Å². The molecule has 1 aromatic heterocycles. The fourth-order valence-corrected chi connectivity index (χ4v) is 3.59. The number of esters is 1. The molecule has 130 valence electrons. The number of hydrogen-bond acceptors (Lipinski definition) is 5. The molecule has 2 amide bonds. The lowest BCUT2D eigenvalue weighted by Gasteiger charge is -2.10. The number of aryl methyl sites for hydroxylation is 1. The highest BCUT2D eigenvalue weighted by Gasteiger charge is 2.36. The first-order valence-electron chi connectivity index (χ1n) is 8.04. The van der Waals surface area contributed by atoms with Crippen LogP contribution in [0, 0.1) is 0 Å². The van der Waals surface area contributed by atoms with Gasteiger partial charge in [0.05, 0.1) is 11.5 Å². The number of imide groups is 1. The van der Waals surface area contributed by atoms with Crippen molar-refractivity contribution in [3.05, 3.63) is 40.9 Å². The lowest BCUT2D eigenvalue weighted by Crippen LogP contribution is -2.34. The maximum absolute atomic E-state index is 12.5. The van der Waals surface area contributed by atoms with Crippen molar-refractivity contribution in [2.45, 2.75) is 20.4 Å². The molecular weight excluding hydrogens is 340 g/mol. The fourth-order valence-electron chi connectivity index (χ4n) is 2.77. The first kappa shape index (κ1) is 17.3. The van der Waals surface area contributed by atoms with Crippen molar-refractivity contribution in [3.63, 3.8) is 0 Å². The summed E-state index contributed by atoms with van der Waals surface area (Å²) in [5.41, 5.74) is 1.95. The molecule has 6 nitrogen and oxygen atoms in total. The molecule has 0 radical (unpaired) electrons. The second-order valence-electron chi connectivity index (χ2n) is 5.46. The molecule has 0 spiro atoms. The van der Waals surface area contributed by atoms with E-state index in [1.165, 1.54) is 0 Å². The monoisotopic (exact) mass is 358 g/mol. The van der Waals surface area contributed by atoms with Crippen LogP contribution < -0.4 is 0 Å². The van der Waals surface area contributed by atoms with Gasteiger partial charge in [0.25, 0.3) is 11.1 Å². The standard InChI is InChI=1S/C18H18N2O4S/c1-3-19-10-12(13-7-5-6-8-14(13)19)9-15-17(22)20(18(23)25-15)11-16(21)24-4-2/h5-10H,3-4,11H2,1-2H3. The van der Waals surface area contributed by atoms with E-state index in [9.17, 15) is 14.4 Å². The van der Waals surface area contributed by atoms with Crippen LogP contribution in [0.4, 0.5) is 4.79 Å². The minimum Gasteiger partial charge on any atom is -0.465 e. The van der Waals surface area contributed by atoms with Crippen molar-refractivity contribution >= 4 is 45.9 Å². The first-order chi connectivity index (χ1) is 12.0. The van der Waals surface area contributed by atoms with Crippen molar-refractivity contribution < 1.29 is 19.1 Å². The van der Waals surface area contributed by atoms with E-state index in [-0.39, 0.29) is 13.2 Å². The Balaban J connectivity index is 1.91. The zero-order valence-corrected chi connectivity index (χ0v) is 14.8. The van der Waals surface area contributed by atoms with Gasteiger partial charge in [0.1, 0.15) is 6.54 Å². The fraction of sp³-hybridized carbons (Fsp3) is 0.278. The van der Waals surface area contributed by atoms with Gasteiger partial charge in [-0.25, -0.2) is 0 Å². The second-order valence-corrected chi connectivity index (χ2v) is 6.45. The Morgan fingerprint density at radius 3 is 2.72 bits per heavy atom. The van der Waals surface area contributed by atoms with Gasteiger partial charge in [0.2, 0.25) is 0 Å². The lowest BCUT2D eigenvalue weighted by molar-refractivity contribution is -0.145. The maximum atomic E-state index is 12.5. The number of para-hydroxylation sites is 1. The SMILES string of the molecule is CCOC(=O)CN1C(=O)SC(=Cc2cn(CC)c3ccccc23)C1=O. The topological polar surface area (TPSA) is 68.6 Å². The average molecular weight is 358 g/mol. The molecule has 1 saturated heterocycles. The summed E-state index contributed by atoms with van der Waals surface area (Å²) in [7, 11) is 0. The van der Waals surface area contributed by atoms with Crippen molar-refractivity contribution in [2.75, 3.05) is 13.2 Å². The molecule has 0 bridgehead atoms. The molecule has 1 aliphatic heterocycles. The van der Waals surface area contributed by atoms with Gasteiger partial charge < -0.3 is 9.30 Å². The molecule has 1 aliphatic rings. The molecule has 0 N–H and O–H groups in total. The summed E-state index contributed by atoms with van der Waals surface area (Å²) in [4.78, 5) is 37.3. The Kier molecular flexibility index (Phi) is 4.94. The predicted molar refractivity (Wildman–Crippen MR) is 96.9 cm³/mol. The van der Waals surface area contributed by atoms with E-state index in [1.54, 1.807) is 13.0 Å². The van der Waals surface area contributed by atoms with Gasteiger partial charge in [-0.3, -0.25) is 19.3 Å². The van der Waals surface area contributed by atoms with Gasteiger partial charge in [-0.05, 0) is 37.8 Å². The normalized spacial score (nSPS) is 16.2. The molecule has 1 fully saturated rings. The molecule has 3 rings (SSSR count). The molecule has 25 heavy (non-hydrogen) atoms. The smallest absolute Gasteiger partial charge is 0.326 e. The number of ether oxygens (including phenoxy) is 1. The number of aromatic nitrogens is 1. The number of thioether (sulfide) groups is 1. The van der Waals surface area contributed by atoms with Crippen LogP contribution in [-0.4, -0.2) is 39.7 Å². The van der Waals surface area contributed by atoms with E-state index in [1.807, 2.05) is 37.4 Å². The third-order valence-electron chi connectivity index (χ3n) is 3.91. The molecule has 1 aromatic carbocycles. The number of fused-ring (bicyclic) bond motifs is 1. The molecule has 0 atom stereocenters. The van der Waals surface area contributed by atoms with Crippen molar-refractivity contribution in [1.29, 1.82) is 0 Å². The molecule has 7 heteroatoms. The summed E-state index contributed by atoms with van der Waals surface area (Å²) in [5, 5.41) is 0.560. The Morgan fingerprint density at radius 2 is 2.00 bits per heavy atom. The molecule has 2 aromatic rings. The van der Waals surface area contributed by atoms with Gasteiger partial charge in [-0.1, -0.05) is 18.2 Å². The summed E-state index contributed by atoms with van der Waals surface area (Å²) in [5.74, 6) is -1.05. The third kappa shape index (κ3) is 3.32. The number of hydrogen-bond donors (Lipinski definition) is 0. The number of benzene rings is 1. The van der Waals surface area contributed by atoms with E-state index in [4.69, 9.17) is 4.74 Å². The van der Waals surface area contributed by atoms with Crippen LogP contribution in [0.3, 0.4) is 0 Å². The van der Waals surface area contributed by atoms with E-state index in [0.717, 1.165) is 39.7 Å². The van der Waals surface area contributed by atoms with Crippen LogP contribution in [-0.2, 0) is 20.9 Å². The summed E-state index contributed by atoms with van der Waals surface area (Å²) >= 11 is 0.844. The lowest BCUT2D eigenvalue weighted by atomic mass is 10.1. The van der Waals surface area contributed by atoms with Gasteiger partial charge >= 0.3 is 5.97 Å². The highest BCUT2D eigenvalue weighted by atomic mass is 32.2. The summed E-state index contributed by atoms with van der Waals surface area (Å²) in [6.07, 6.45) is 3.68. The quantitative estimate of drug-likeness (QED) is 0.606. The molecule has 0 saturated carbocycles. The Morgan fingerprint density at radius 1 is 1.24 bits per heavy atom. The van der Waals surface area contributed by atoms with Crippen LogP contribution >= 0.6 is 11.8 Å². The zero-order chi connectivity index (χ0) is 18.0. The molecular formula is C18H18N2O4S. The van der Waals surface area contributed by atoms with Crippen molar-refractivity contribution in [1.82, 2.24) is 9.47 Å². The van der Waals surface area contributed by atoms with Gasteiger partial charge in [0.15, 0.2) is 0 Å². The Bertz CT molecular complexity index is 884. The number of carbonyl (C=O) groups is 3. The van der Waals surface area contributed by atoms with Gasteiger partial charge in [0, 0.05) is 29.2 Å². The minimum atomic E-state index is -0.589. The van der Waals surface area contributed by atoms with Crippen LogP contribution in [0.2, 0.25) is 0 Å². The Hall–Kier alpha value is -2.54. The molecule has 2 heterocycles. The number of carbonyl (C=O) groups excluding carboxylic acids is 3. The minimum absolute atomic E-state index is 0.210. The summed E-state index contributed by atoms with van der Waals surface area (Å²) < 4.78 is 6.90. The van der Waals surface area contributed by atoms with Gasteiger partial charge in [-0.2, -0.15) is 0 Å². The van der Waals surface area contributed by atoms with E-state index in [0.29, 0.717) is 4.91 Å². The third-order valence-corrected chi connectivity index (χ3v) is 4.82. The largest absolute Gasteiger partial charge is 0.465 e. The second kappa shape index (κ2) is 7.14. The van der Waals surface area contributed by atoms with Crippen molar-refractivity contribution in [2.24, 2.45) is 0 Å².